The predicted molar refractivity (Wildman–Crippen MR) is 115 cm³/mol. The van der Waals surface area contributed by atoms with Gasteiger partial charge in [0.2, 0.25) is 11.8 Å². The molecule has 2 fully saturated rings. The number of nitrogens with one attached hydrogen (secondary N) is 1. The van der Waals surface area contributed by atoms with Gasteiger partial charge in [-0.15, -0.1) is 11.8 Å². The van der Waals surface area contributed by atoms with Crippen molar-refractivity contribution in [2.45, 2.75) is 44.4 Å². The van der Waals surface area contributed by atoms with Crippen LogP contribution in [0.25, 0.3) is 0 Å². The number of carbonyl (C=O) groups is 2. The molecule has 0 bridgehead atoms. The Kier molecular flexibility index (Phi) is 5.90. The molecule has 1 heterocycles. The Morgan fingerprint density at radius 2 is 1.90 bits per heavy atom. The fourth-order valence-corrected chi connectivity index (χ4v) is 5.33. The molecule has 2 aromatic carbocycles. The van der Waals surface area contributed by atoms with Gasteiger partial charge in [-0.25, -0.2) is 4.39 Å². The molecule has 0 spiro atoms. The van der Waals surface area contributed by atoms with Crippen molar-refractivity contribution in [2.24, 2.45) is 5.92 Å². The lowest BCUT2D eigenvalue weighted by molar-refractivity contribution is -0.120. The molecule has 4 nitrogen and oxygen atoms in total. The molecule has 1 aliphatic heterocycles. The molecular weight excluding hydrogens is 387 g/mol. The van der Waals surface area contributed by atoms with Crippen LogP contribution < -0.4 is 10.2 Å². The molecule has 1 saturated heterocycles. The van der Waals surface area contributed by atoms with Gasteiger partial charge in [0.1, 0.15) is 11.2 Å². The van der Waals surface area contributed by atoms with Gasteiger partial charge in [-0.2, -0.15) is 0 Å². The van der Waals surface area contributed by atoms with Crippen molar-refractivity contribution < 1.29 is 14.0 Å². The highest BCUT2D eigenvalue weighted by atomic mass is 32.2. The molecular formula is C23H25FN2O2S. The van der Waals surface area contributed by atoms with Gasteiger partial charge in [0, 0.05) is 17.2 Å². The number of rotatable bonds is 4. The first-order chi connectivity index (χ1) is 14.0. The third kappa shape index (κ3) is 4.17. The highest BCUT2D eigenvalue weighted by Gasteiger charge is 2.35. The lowest BCUT2D eigenvalue weighted by Crippen LogP contribution is -2.29. The smallest absolute Gasteiger partial charge is 0.238 e. The van der Waals surface area contributed by atoms with Gasteiger partial charge in [0.25, 0.3) is 0 Å². The number of thioether (sulfide) groups is 1. The summed E-state index contributed by atoms with van der Waals surface area (Å²) in [6.45, 7) is 1.69. The fourth-order valence-electron chi connectivity index (χ4n) is 4.17. The normalized spacial score (nSPS) is 20.1. The maximum atomic E-state index is 14.1. The van der Waals surface area contributed by atoms with Crippen molar-refractivity contribution in [1.82, 2.24) is 0 Å². The van der Waals surface area contributed by atoms with Gasteiger partial charge >= 0.3 is 0 Å². The van der Waals surface area contributed by atoms with E-state index in [1.54, 1.807) is 24.0 Å². The minimum Gasteiger partial charge on any atom is -0.326 e. The van der Waals surface area contributed by atoms with Crippen LogP contribution in [0.2, 0.25) is 0 Å². The summed E-state index contributed by atoms with van der Waals surface area (Å²) in [6, 6.07) is 12.5. The second-order valence-electron chi connectivity index (χ2n) is 7.76. The maximum Gasteiger partial charge on any atom is 0.238 e. The Bertz CT molecular complexity index is 927. The first kappa shape index (κ1) is 20.0. The number of hydrogen-bond acceptors (Lipinski definition) is 3. The topological polar surface area (TPSA) is 49.4 Å². The van der Waals surface area contributed by atoms with Crippen molar-refractivity contribution in [2.75, 3.05) is 16.0 Å². The summed E-state index contributed by atoms with van der Waals surface area (Å²) in [7, 11) is 0. The summed E-state index contributed by atoms with van der Waals surface area (Å²) in [5, 5.41) is 2.81. The molecule has 2 amide bonds. The average molecular weight is 413 g/mol. The summed E-state index contributed by atoms with van der Waals surface area (Å²) < 4.78 is 14.1. The first-order valence-corrected chi connectivity index (χ1v) is 11.2. The second kappa shape index (κ2) is 8.57. The van der Waals surface area contributed by atoms with Crippen LogP contribution in [0.5, 0.6) is 0 Å². The third-order valence-electron chi connectivity index (χ3n) is 5.78. The Hall–Kier alpha value is -2.34. The Morgan fingerprint density at radius 1 is 1.14 bits per heavy atom. The molecule has 1 N–H and O–H groups in total. The summed E-state index contributed by atoms with van der Waals surface area (Å²) >= 11 is 1.52. The van der Waals surface area contributed by atoms with E-state index in [0.29, 0.717) is 17.0 Å². The van der Waals surface area contributed by atoms with Crippen molar-refractivity contribution >= 4 is 35.0 Å². The maximum absolute atomic E-state index is 14.1. The van der Waals surface area contributed by atoms with Crippen LogP contribution in [-0.4, -0.2) is 17.6 Å². The summed E-state index contributed by atoms with van der Waals surface area (Å²) in [5.41, 5.74) is 2.73. The van der Waals surface area contributed by atoms with Gasteiger partial charge in [-0.05, 0) is 49.6 Å². The van der Waals surface area contributed by atoms with Crippen LogP contribution in [0.4, 0.5) is 15.8 Å². The van der Waals surface area contributed by atoms with Gasteiger partial charge in [0.15, 0.2) is 0 Å². The highest BCUT2D eigenvalue weighted by Crippen LogP contribution is 2.43. The van der Waals surface area contributed by atoms with E-state index in [4.69, 9.17) is 0 Å². The number of benzene rings is 2. The van der Waals surface area contributed by atoms with E-state index in [-0.39, 0.29) is 28.9 Å². The van der Waals surface area contributed by atoms with E-state index in [9.17, 15) is 14.0 Å². The van der Waals surface area contributed by atoms with Gasteiger partial charge in [-0.1, -0.05) is 37.5 Å². The van der Waals surface area contributed by atoms with Crippen LogP contribution in [0.1, 0.15) is 48.6 Å². The van der Waals surface area contributed by atoms with E-state index in [1.165, 1.54) is 24.2 Å². The van der Waals surface area contributed by atoms with Crippen LogP contribution in [0.3, 0.4) is 0 Å². The minimum absolute atomic E-state index is 0.0367. The Balaban J connectivity index is 1.57. The molecule has 6 heteroatoms. The van der Waals surface area contributed by atoms with Gasteiger partial charge < -0.3 is 5.32 Å². The van der Waals surface area contributed by atoms with Crippen LogP contribution in [0.15, 0.2) is 42.5 Å². The van der Waals surface area contributed by atoms with Crippen molar-refractivity contribution in [3.63, 3.8) is 0 Å². The molecule has 1 saturated carbocycles. The van der Waals surface area contributed by atoms with Crippen LogP contribution >= 0.6 is 11.8 Å². The molecule has 1 atom stereocenters. The minimum atomic E-state index is -0.320. The van der Waals surface area contributed by atoms with Crippen molar-refractivity contribution in [3.05, 3.63) is 59.4 Å². The van der Waals surface area contributed by atoms with E-state index in [1.807, 2.05) is 24.3 Å². The summed E-state index contributed by atoms with van der Waals surface area (Å²) in [6.07, 6.45) is 5.33. The number of halogens is 1. The number of nitrogens with zero attached hydrogens (tertiary/aromatic N) is 1. The molecule has 152 valence electrons. The standard InChI is InChI=1S/C23H25FN2O2S/c1-15-19(24)11-6-12-20(15)26-21(27)14-29-23(26)17-9-5-10-18(13-17)25-22(28)16-7-3-2-4-8-16/h5-6,9-13,16,23H,2-4,7-8,14H2,1H3,(H,25,28)/t23-/m0/s1. The number of anilines is 2. The lowest BCUT2D eigenvalue weighted by atomic mass is 9.88. The second-order valence-corrected chi connectivity index (χ2v) is 8.83. The molecule has 0 unspecified atom stereocenters. The lowest BCUT2D eigenvalue weighted by Gasteiger charge is -2.26. The van der Waals surface area contributed by atoms with Gasteiger partial charge in [0.05, 0.1) is 11.4 Å². The Morgan fingerprint density at radius 3 is 2.69 bits per heavy atom. The highest BCUT2D eigenvalue weighted by molar-refractivity contribution is 8.00. The van der Waals surface area contributed by atoms with Crippen molar-refractivity contribution in [1.29, 1.82) is 0 Å². The summed E-state index contributed by atoms with van der Waals surface area (Å²) in [4.78, 5) is 26.9. The molecule has 0 aromatic heterocycles. The number of hydrogen-bond donors (Lipinski definition) is 1. The van der Waals surface area contributed by atoms with E-state index in [0.717, 1.165) is 36.9 Å². The zero-order valence-electron chi connectivity index (χ0n) is 16.5. The van der Waals surface area contributed by atoms with E-state index < -0.39 is 0 Å². The van der Waals surface area contributed by atoms with Crippen molar-refractivity contribution in [3.8, 4) is 0 Å². The third-order valence-corrected chi connectivity index (χ3v) is 6.99. The monoisotopic (exact) mass is 412 g/mol. The summed E-state index contributed by atoms with van der Waals surface area (Å²) in [5.74, 6) is 0.153. The molecule has 4 rings (SSSR count). The first-order valence-electron chi connectivity index (χ1n) is 10.1. The average Bonchev–Trinajstić information content (AvgIpc) is 3.12. The van der Waals surface area contributed by atoms with E-state index in [2.05, 4.69) is 5.32 Å². The molecule has 29 heavy (non-hydrogen) atoms. The number of amides is 2. The zero-order chi connectivity index (χ0) is 20.4. The van der Waals surface area contributed by atoms with Crippen LogP contribution in [-0.2, 0) is 9.59 Å². The predicted octanol–water partition coefficient (Wildman–Crippen LogP) is 5.43. The largest absolute Gasteiger partial charge is 0.326 e. The van der Waals surface area contributed by atoms with Gasteiger partial charge in [-0.3, -0.25) is 14.5 Å². The quantitative estimate of drug-likeness (QED) is 0.728. The fraction of sp³-hybridized carbons (Fsp3) is 0.391. The molecule has 1 aliphatic carbocycles. The SMILES string of the molecule is Cc1c(F)cccc1N1C(=O)CS[C@H]1c1cccc(NC(=O)C2CCCCC2)c1. The molecule has 0 radical (unpaired) electrons. The van der Waals surface area contributed by atoms with Crippen LogP contribution in [0, 0.1) is 18.7 Å². The van der Waals surface area contributed by atoms with E-state index >= 15 is 0 Å². The zero-order valence-corrected chi connectivity index (χ0v) is 17.3. The molecule has 2 aliphatic rings. The number of carbonyl (C=O) groups excluding carboxylic acids is 2. The Labute approximate surface area is 174 Å². The molecule has 2 aromatic rings.